The van der Waals surface area contributed by atoms with E-state index in [2.05, 4.69) is 15.2 Å². The summed E-state index contributed by atoms with van der Waals surface area (Å²) in [5, 5.41) is 4.76. The second-order valence-electron chi connectivity index (χ2n) is 7.57. The molecule has 0 amide bonds. The first-order valence-electron chi connectivity index (χ1n) is 10.4. The van der Waals surface area contributed by atoms with Crippen molar-refractivity contribution < 1.29 is 9.13 Å². The minimum Gasteiger partial charge on any atom is -0.379 e. The van der Waals surface area contributed by atoms with Gasteiger partial charge in [-0.25, -0.2) is 14.4 Å². The van der Waals surface area contributed by atoms with Crippen molar-refractivity contribution in [1.82, 2.24) is 19.9 Å². The molecule has 1 N–H and O–H groups in total. The summed E-state index contributed by atoms with van der Waals surface area (Å²) in [7, 11) is 0. The molecule has 0 atom stereocenters. The number of hydrogen-bond donors (Lipinski definition) is 1. The van der Waals surface area contributed by atoms with Gasteiger partial charge in [-0.3, -0.25) is 9.88 Å². The van der Waals surface area contributed by atoms with Crippen LogP contribution >= 0.6 is 11.6 Å². The van der Waals surface area contributed by atoms with Crippen LogP contribution in [0.5, 0.6) is 0 Å². The highest BCUT2D eigenvalue weighted by Crippen LogP contribution is 2.31. The maximum absolute atomic E-state index is 13.4. The van der Waals surface area contributed by atoms with E-state index < -0.39 is 0 Å². The van der Waals surface area contributed by atoms with Gasteiger partial charge in [-0.05, 0) is 48.5 Å². The van der Waals surface area contributed by atoms with Crippen LogP contribution in [0.3, 0.4) is 0 Å². The van der Waals surface area contributed by atoms with Crippen LogP contribution in [0.1, 0.15) is 5.82 Å². The maximum Gasteiger partial charge on any atom is 0.145 e. The van der Waals surface area contributed by atoms with Crippen LogP contribution in [0.15, 0.2) is 60.8 Å². The summed E-state index contributed by atoms with van der Waals surface area (Å²) in [5.74, 6) is 1.09. The van der Waals surface area contributed by atoms with Crippen molar-refractivity contribution in [3.63, 3.8) is 0 Å². The van der Waals surface area contributed by atoms with E-state index in [4.69, 9.17) is 26.3 Å². The molecule has 3 heterocycles. The lowest BCUT2D eigenvalue weighted by Gasteiger charge is -2.26. The minimum atomic E-state index is -0.284. The SMILES string of the molecule is Fc1ccc(Nc2nc(CN3CCOCC3)nc3cc(-c4ncccc4Cl)ccc23)cc1. The van der Waals surface area contributed by atoms with Crippen molar-refractivity contribution in [2.75, 3.05) is 31.6 Å². The van der Waals surface area contributed by atoms with Crippen LogP contribution in [-0.2, 0) is 11.3 Å². The third kappa shape index (κ3) is 4.55. The molecular formula is C24H21ClFN5O. The summed E-state index contributed by atoms with van der Waals surface area (Å²) >= 11 is 6.36. The number of nitrogens with one attached hydrogen (secondary N) is 1. The standard InChI is InChI=1S/C24H21ClFN5O/c25-20-2-1-9-27-23(20)16-3-8-19-21(14-16)29-22(15-31-10-12-32-13-11-31)30-24(19)28-18-6-4-17(26)5-7-18/h1-9,14H,10-13,15H2,(H,28,29,30). The molecule has 4 aromatic rings. The van der Waals surface area contributed by atoms with E-state index >= 15 is 0 Å². The Bertz CT molecular complexity index is 1250. The smallest absolute Gasteiger partial charge is 0.145 e. The number of pyridine rings is 1. The van der Waals surface area contributed by atoms with Gasteiger partial charge in [-0.1, -0.05) is 17.7 Å². The number of hydrogen-bond acceptors (Lipinski definition) is 6. The molecule has 0 bridgehead atoms. The zero-order chi connectivity index (χ0) is 21.9. The van der Waals surface area contributed by atoms with E-state index in [0.29, 0.717) is 42.1 Å². The van der Waals surface area contributed by atoms with Crippen molar-refractivity contribution >= 4 is 34.0 Å². The molecule has 0 saturated carbocycles. The highest BCUT2D eigenvalue weighted by atomic mass is 35.5. The average Bonchev–Trinajstić information content (AvgIpc) is 2.81. The highest BCUT2D eigenvalue weighted by molar-refractivity contribution is 6.33. The number of nitrogens with zero attached hydrogens (tertiary/aromatic N) is 4. The Labute approximate surface area is 190 Å². The van der Waals surface area contributed by atoms with Gasteiger partial charge in [-0.2, -0.15) is 0 Å². The summed E-state index contributed by atoms with van der Waals surface area (Å²) in [6, 6.07) is 15.7. The van der Waals surface area contributed by atoms with Gasteiger partial charge in [0.1, 0.15) is 17.5 Å². The van der Waals surface area contributed by atoms with Crippen molar-refractivity contribution in [3.05, 3.63) is 77.5 Å². The second-order valence-corrected chi connectivity index (χ2v) is 7.98. The Morgan fingerprint density at radius 2 is 1.84 bits per heavy atom. The first-order chi connectivity index (χ1) is 15.7. The first kappa shape index (κ1) is 20.8. The second kappa shape index (κ2) is 9.16. The summed E-state index contributed by atoms with van der Waals surface area (Å²) in [6.07, 6.45) is 1.72. The Morgan fingerprint density at radius 3 is 2.62 bits per heavy atom. The molecule has 1 aliphatic heterocycles. The number of aromatic nitrogens is 3. The highest BCUT2D eigenvalue weighted by Gasteiger charge is 2.16. The average molecular weight is 450 g/mol. The van der Waals surface area contributed by atoms with Gasteiger partial charge in [0.25, 0.3) is 0 Å². The minimum absolute atomic E-state index is 0.284. The molecule has 162 valence electrons. The summed E-state index contributed by atoms with van der Waals surface area (Å²) in [6.45, 7) is 3.70. The summed E-state index contributed by atoms with van der Waals surface area (Å²) < 4.78 is 18.8. The van der Waals surface area contributed by atoms with Crippen molar-refractivity contribution in [1.29, 1.82) is 0 Å². The lowest BCUT2D eigenvalue weighted by atomic mass is 10.1. The third-order valence-electron chi connectivity index (χ3n) is 5.35. The predicted octanol–water partition coefficient (Wildman–Crippen LogP) is 5.06. The Balaban J connectivity index is 1.57. The van der Waals surface area contributed by atoms with Crippen LogP contribution in [0.4, 0.5) is 15.9 Å². The van der Waals surface area contributed by atoms with Gasteiger partial charge < -0.3 is 10.1 Å². The molecule has 6 nitrogen and oxygen atoms in total. The van der Waals surface area contributed by atoms with Gasteiger partial charge in [0.15, 0.2) is 0 Å². The molecule has 0 radical (unpaired) electrons. The molecule has 2 aromatic carbocycles. The van der Waals surface area contributed by atoms with Gasteiger partial charge >= 0.3 is 0 Å². The van der Waals surface area contributed by atoms with E-state index in [1.165, 1.54) is 12.1 Å². The zero-order valence-corrected chi connectivity index (χ0v) is 18.0. The number of halogens is 2. The molecule has 0 spiro atoms. The normalized spacial score (nSPS) is 14.6. The molecule has 0 aliphatic carbocycles. The Morgan fingerprint density at radius 1 is 1.03 bits per heavy atom. The number of fused-ring (bicyclic) bond motifs is 1. The number of morpholine rings is 1. The summed E-state index contributed by atoms with van der Waals surface area (Å²) in [4.78, 5) is 16.3. The Kier molecular flexibility index (Phi) is 5.94. The van der Waals surface area contributed by atoms with Crippen molar-refractivity contribution in [2.24, 2.45) is 0 Å². The monoisotopic (exact) mass is 449 g/mol. The molecule has 1 fully saturated rings. The van der Waals surface area contributed by atoms with E-state index in [1.54, 1.807) is 24.4 Å². The molecule has 5 rings (SSSR count). The van der Waals surface area contributed by atoms with Crippen LogP contribution in [0.25, 0.3) is 22.2 Å². The van der Waals surface area contributed by atoms with Crippen LogP contribution in [0.2, 0.25) is 5.02 Å². The van der Waals surface area contributed by atoms with Crippen LogP contribution < -0.4 is 5.32 Å². The van der Waals surface area contributed by atoms with E-state index in [9.17, 15) is 4.39 Å². The van der Waals surface area contributed by atoms with Crippen molar-refractivity contribution in [3.8, 4) is 11.3 Å². The van der Waals surface area contributed by atoms with E-state index in [-0.39, 0.29) is 5.82 Å². The lowest BCUT2D eigenvalue weighted by Crippen LogP contribution is -2.36. The van der Waals surface area contributed by atoms with Crippen LogP contribution in [-0.4, -0.2) is 46.2 Å². The van der Waals surface area contributed by atoms with Crippen LogP contribution in [0, 0.1) is 5.82 Å². The summed E-state index contributed by atoms with van der Waals surface area (Å²) in [5.41, 5.74) is 3.12. The van der Waals surface area contributed by atoms with Gasteiger partial charge in [-0.15, -0.1) is 0 Å². The fourth-order valence-corrected chi connectivity index (χ4v) is 3.95. The van der Waals surface area contributed by atoms with E-state index in [0.717, 1.165) is 35.2 Å². The molecule has 0 unspecified atom stereocenters. The molecular weight excluding hydrogens is 429 g/mol. The fraction of sp³-hybridized carbons (Fsp3) is 0.208. The third-order valence-corrected chi connectivity index (χ3v) is 5.66. The molecule has 2 aromatic heterocycles. The number of ether oxygens (including phenoxy) is 1. The topological polar surface area (TPSA) is 63.2 Å². The number of benzene rings is 2. The largest absolute Gasteiger partial charge is 0.379 e. The van der Waals surface area contributed by atoms with Gasteiger partial charge in [0.2, 0.25) is 0 Å². The van der Waals surface area contributed by atoms with Crippen molar-refractivity contribution in [2.45, 2.75) is 6.54 Å². The molecule has 32 heavy (non-hydrogen) atoms. The zero-order valence-electron chi connectivity index (χ0n) is 17.3. The number of anilines is 2. The molecule has 1 saturated heterocycles. The van der Waals surface area contributed by atoms with Gasteiger partial charge in [0, 0.05) is 35.9 Å². The van der Waals surface area contributed by atoms with Gasteiger partial charge in [0.05, 0.1) is 36.0 Å². The molecule has 8 heteroatoms. The lowest BCUT2D eigenvalue weighted by molar-refractivity contribution is 0.0331. The molecule has 1 aliphatic rings. The quantitative estimate of drug-likeness (QED) is 0.459. The first-order valence-corrected chi connectivity index (χ1v) is 10.8. The number of rotatable bonds is 5. The Hall–Kier alpha value is -3.13. The fourth-order valence-electron chi connectivity index (χ4n) is 3.72. The predicted molar refractivity (Wildman–Crippen MR) is 124 cm³/mol. The maximum atomic E-state index is 13.4. The van der Waals surface area contributed by atoms with E-state index in [1.807, 2.05) is 24.3 Å².